The number of hydrogen-bond acceptors (Lipinski definition) is 3. The molecular weight excluding hydrogens is 244 g/mol. The zero-order chi connectivity index (χ0) is 12.5. The van der Waals surface area contributed by atoms with Crippen molar-refractivity contribution in [3.63, 3.8) is 0 Å². The first kappa shape index (κ1) is 11.5. The van der Waals surface area contributed by atoms with Crippen LogP contribution in [0.3, 0.4) is 0 Å². The van der Waals surface area contributed by atoms with E-state index in [0.717, 1.165) is 11.3 Å². The van der Waals surface area contributed by atoms with Gasteiger partial charge in [0.05, 0.1) is 12.4 Å². The van der Waals surface area contributed by atoms with Crippen LogP contribution < -0.4 is 0 Å². The second-order valence-electron chi connectivity index (χ2n) is 4.41. The van der Waals surface area contributed by atoms with Gasteiger partial charge in [0.2, 0.25) is 0 Å². The van der Waals surface area contributed by atoms with Crippen molar-refractivity contribution in [1.82, 2.24) is 0 Å². The van der Waals surface area contributed by atoms with E-state index in [9.17, 15) is 5.11 Å². The lowest BCUT2D eigenvalue weighted by Gasteiger charge is -2.08. The van der Waals surface area contributed by atoms with E-state index in [1.807, 2.05) is 25.1 Å². The number of benzene rings is 1. The molecule has 2 heterocycles. The highest BCUT2D eigenvalue weighted by Crippen LogP contribution is 2.30. The van der Waals surface area contributed by atoms with Crippen LogP contribution in [-0.2, 0) is 6.42 Å². The van der Waals surface area contributed by atoms with Gasteiger partial charge >= 0.3 is 0 Å². The highest BCUT2D eigenvalue weighted by molar-refractivity contribution is 7.17. The summed E-state index contributed by atoms with van der Waals surface area (Å²) in [6.07, 6.45) is 1.76. The first-order valence-corrected chi connectivity index (χ1v) is 6.81. The van der Waals surface area contributed by atoms with Crippen LogP contribution in [0.1, 0.15) is 23.0 Å². The molecule has 1 atom stereocenters. The fourth-order valence-corrected chi connectivity index (χ4v) is 3.23. The summed E-state index contributed by atoms with van der Waals surface area (Å²) in [5.41, 5.74) is 2.08. The number of fused-ring (bicyclic) bond motifs is 1. The van der Waals surface area contributed by atoms with Gasteiger partial charge in [-0.25, -0.2) is 0 Å². The van der Waals surface area contributed by atoms with Crippen LogP contribution in [0.25, 0.3) is 10.1 Å². The van der Waals surface area contributed by atoms with Gasteiger partial charge in [0, 0.05) is 16.7 Å². The molecule has 1 N–H and O–H groups in total. The van der Waals surface area contributed by atoms with Crippen LogP contribution in [0.5, 0.6) is 0 Å². The molecule has 2 aromatic heterocycles. The third kappa shape index (κ3) is 1.96. The van der Waals surface area contributed by atoms with E-state index >= 15 is 0 Å². The zero-order valence-corrected chi connectivity index (χ0v) is 10.9. The molecule has 0 amide bonds. The molecule has 3 heteroatoms. The van der Waals surface area contributed by atoms with Crippen LogP contribution in [0.15, 0.2) is 46.4 Å². The minimum absolute atomic E-state index is 0.498. The maximum atomic E-state index is 10.3. The maximum Gasteiger partial charge on any atom is 0.106 e. The topological polar surface area (TPSA) is 33.4 Å². The lowest BCUT2D eigenvalue weighted by atomic mass is 10.0. The lowest BCUT2D eigenvalue weighted by Crippen LogP contribution is -2.01. The van der Waals surface area contributed by atoms with Gasteiger partial charge in [0.1, 0.15) is 5.76 Å². The fourth-order valence-electron chi connectivity index (χ4n) is 2.25. The van der Waals surface area contributed by atoms with Crippen molar-refractivity contribution in [2.24, 2.45) is 0 Å². The quantitative estimate of drug-likeness (QED) is 0.768. The maximum absolute atomic E-state index is 10.3. The normalized spacial score (nSPS) is 13.0. The Morgan fingerprint density at radius 2 is 2.11 bits per heavy atom. The lowest BCUT2D eigenvalue weighted by molar-refractivity contribution is 0.177. The van der Waals surface area contributed by atoms with Crippen LogP contribution in [0.4, 0.5) is 0 Å². The number of furan rings is 1. The van der Waals surface area contributed by atoms with Crippen molar-refractivity contribution >= 4 is 21.4 Å². The Balaban J connectivity index is 1.91. The fraction of sp³-hybridized carbons (Fsp3) is 0.200. The van der Waals surface area contributed by atoms with Crippen molar-refractivity contribution in [2.75, 3.05) is 0 Å². The van der Waals surface area contributed by atoms with Gasteiger partial charge < -0.3 is 9.52 Å². The summed E-state index contributed by atoms with van der Waals surface area (Å²) in [4.78, 5) is 0. The highest BCUT2D eigenvalue weighted by Gasteiger charge is 2.15. The van der Waals surface area contributed by atoms with Crippen LogP contribution in [-0.4, -0.2) is 5.11 Å². The molecule has 0 aliphatic heterocycles. The van der Waals surface area contributed by atoms with Crippen LogP contribution in [0, 0.1) is 6.92 Å². The highest BCUT2D eigenvalue weighted by atomic mass is 32.1. The molecular formula is C15H14O2S. The van der Waals surface area contributed by atoms with E-state index in [1.54, 1.807) is 17.6 Å². The van der Waals surface area contributed by atoms with E-state index in [-0.39, 0.29) is 0 Å². The second kappa shape index (κ2) is 4.59. The average molecular weight is 258 g/mol. The summed E-state index contributed by atoms with van der Waals surface area (Å²) in [6, 6.07) is 10.1. The Kier molecular flexibility index (Phi) is 2.94. The Bertz CT molecular complexity index is 666. The van der Waals surface area contributed by atoms with Crippen molar-refractivity contribution in [1.29, 1.82) is 0 Å². The second-order valence-corrected chi connectivity index (χ2v) is 5.32. The zero-order valence-electron chi connectivity index (χ0n) is 10.1. The Morgan fingerprint density at radius 1 is 1.28 bits per heavy atom. The number of rotatable bonds is 3. The third-order valence-corrected chi connectivity index (χ3v) is 4.24. The molecule has 0 saturated carbocycles. The Morgan fingerprint density at radius 3 is 2.89 bits per heavy atom. The summed E-state index contributed by atoms with van der Waals surface area (Å²) in [6.45, 7) is 1.88. The molecule has 0 spiro atoms. The molecule has 1 unspecified atom stereocenters. The van der Waals surface area contributed by atoms with E-state index in [0.29, 0.717) is 6.42 Å². The molecule has 2 nitrogen and oxygen atoms in total. The minimum Gasteiger partial charge on any atom is -0.469 e. The molecule has 18 heavy (non-hydrogen) atoms. The summed E-state index contributed by atoms with van der Waals surface area (Å²) >= 11 is 1.72. The summed E-state index contributed by atoms with van der Waals surface area (Å²) in [7, 11) is 0. The van der Waals surface area contributed by atoms with Gasteiger partial charge in [-0.1, -0.05) is 18.2 Å². The van der Waals surface area contributed by atoms with Crippen molar-refractivity contribution < 1.29 is 9.52 Å². The van der Waals surface area contributed by atoms with E-state index < -0.39 is 6.10 Å². The number of aliphatic hydroxyl groups is 1. The van der Waals surface area contributed by atoms with Gasteiger partial charge in [0.25, 0.3) is 0 Å². The minimum atomic E-state index is -0.498. The first-order chi connectivity index (χ1) is 8.75. The van der Waals surface area contributed by atoms with E-state index in [1.165, 1.54) is 15.6 Å². The van der Waals surface area contributed by atoms with Crippen LogP contribution in [0.2, 0.25) is 0 Å². The Hall–Kier alpha value is -1.58. The first-order valence-electron chi connectivity index (χ1n) is 5.93. The van der Waals surface area contributed by atoms with Gasteiger partial charge in [-0.15, -0.1) is 11.3 Å². The number of hydrogen-bond donors (Lipinski definition) is 1. The SMILES string of the molecule is Cc1occc1C(O)Cc1csc2ccccc12. The van der Waals surface area contributed by atoms with Gasteiger partial charge in [0.15, 0.2) is 0 Å². The van der Waals surface area contributed by atoms with Crippen molar-refractivity contribution in [3.05, 3.63) is 58.9 Å². The molecule has 0 radical (unpaired) electrons. The molecule has 3 rings (SSSR count). The summed E-state index contributed by atoms with van der Waals surface area (Å²) < 4.78 is 6.50. The van der Waals surface area contributed by atoms with Gasteiger partial charge in [-0.2, -0.15) is 0 Å². The monoisotopic (exact) mass is 258 g/mol. The average Bonchev–Trinajstić information content (AvgIpc) is 2.97. The molecule has 0 bridgehead atoms. The third-order valence-electron chi connectivity index (χ3n) is 3.23. The molecule has 1 aromatic carbocycles. The number of aliphatic hydroxyl groups excluding tert-OH is 1. The number of thiophene rings is 1. The van der Waals surface area contributed by atoms with Crippen molar-refractivity contribution in [2.45, 2.75) is 19.4 Å². The smallest absolute Gasteiger partial charge is 0.106 e. The van der Waals surface area contributed by atoms with Gasteiger partial charge in [-0.3, -0.25) is 0 Å². The molecule has 0 fully saturated rings. The predicted molar refractivity (Wildman–Crippen MR) is 73.9 cm³/mol. The summed E-state index contributed by atoms with van der Waals surface area (Å²) in [5.74, 6) is 0.794. The largest absolute Gasteiger partial charge is 0.469 e. The van der Waals surface area contributed by atoms with E-state index in [2.05, 4.69) is 17.5 Å². The summed E-state index contributed by atoms with van der Waals surface area (Å²) in [5, 5.41) is 13.6. The molecule has 0 saturated heterocycles. The van der Waals surface area contributed by atoms with Crippen molar-refractivity contribution in [3.8, 4) is 0 Å². The predicted octanol–water partition coefficient (Wildman–Crippen LogP) is 4.08. The van der Waals surface area contributed by atoms with Crippen LogP contribution >= 0.6 is 11.3 Å². The molecule has 0 aliphatic rings. The standard InChI is InChI=1S/C15H14O2S/c1-10-12(6-7-17-10)14(16)8-11-9-18-15-5-3-2-4-13(11)15/h2-7,9,14,16H,8H2,1H3. The Labute approximate surface area is 109 Å². The van der Waals surface area contributed by atoms with E-state index in [4.69, 9.17) is 4.42 Å². The molecule has 0 aliphatic carbocycles. The van der Waals surface area contributed by atoms with Gasteiger partial charge in [-0.05, 0) is 35.4 Å². The molecule has 92 valence electrons. The number of aryl methyl sites for hydroxylation is 1. The molecule has 3 aromatic rings.